The van der Waals surface area contributed by atoms with E-state index in [0.717, 1.165) is 12.1 Å². The van der Waals surface area contributed by atoms with Crippen LogP contribution in [-0.4, -0.2) is 27.2 Å². The van der Waals surface area contributed by atoms with Gasteiger partial charge < -0.3 is 9.47 Å². The van der Waals surface area contributed by atoms with Gasteiger partial charge in [0.1, 0.15) is 11.5 Å². The summed E-state index contributed by atoms with van der Waals surface area (Å²) in [6.45, 7) is 0. The number of thioether (sulfide) groups is 1. The smallest absolute Gasteiger partial charge is 0.401 e. The van der Waals surface area contributed by atoms with E-state index in [0.29, 0.717) is 5.75 Å². The van der Waals surface area contributed by atoms with Crippen molar-refractivity contribution in [2.24, 2.45) is 0 Å². The first kappa shape index (κ1) is 17.6. The van der Waals surface area contributed by atoms with Crippen molar-refractivity contribution in [3.05, 3.63) is 48.5 Å². The van der Waals surface area contributed by atoms with E-state index < -0.39 is 19.3 Å². The normalized spacial score (nSPS) is 12.0. The average molecular weight is 360 g/mol. The monoisotopic (exact) mass is 360 g/mol. The van der Waals surface area contributed by atoms with Crippen LogP contribution in [0.15, 0.2) is 58.3 Å². The summed E-state index contributed by atoms with van der Waals surface area (Å²) in [6.07, 6.45) is 0. The Morgan fingerprint density at radius 3 is 2.22 bits per heavy atom. The van der Waals surface area contributed by atoms with Crippen molar-refractivity contribution < 1.29 is 26.7 Å². The summed E-state index contributed by atoms with van der Waals surface area (Å²) in [5, 5.41) is 0. The zero-order chi connectivity index (χ0) is 17.1. The van der Waals surface area contributed by atoms with E-state index in [9.17, 15) is 17.2 Å². The minimum absolute atomic E-state index is 0.00203. The van der Waals surface area contributed by atoms with Gasteiger partial charge in [0.15, 0.2) is 0 Å². The first-order valence-electron chi connectivity index (χ1n) is 6.40. The highest BCUT2D eigenvalue weighted by Crippen LogP contribution is 2.46. The zero-order valence-electron chi connectivity index (χ0n) is 12.3. The number of hydrogen-bond acceptors (Lipinski definition) is 5. The molecule has 0 spiro atoms. The number of halogens is 2. The Balaban J connectivity index is 2.38. The molecule has 0 atom stereocenters. The molecule has 0 saturated carbocycles. The lowest BCUT2D eigenvalue weighted by Gasteiger charge is -2.18. The second-order valence-electron chi connectivity index (χ2n) is 4.40. The Kier molecular flexibility index (Phi) is 5.16. The molecule has 2 aromatic carbocycles. The first-order chi connectivity index (χ1) is 10.8. The number of alkyl halides is 2. The fourth-order valence-corrected chi connectivity index (χ4v) is 4.20. The highest BCUT2D eigenvalue weighted by Gasteiger charge is 2.47. The lowest BCUT2D eigenvalue weighted by atomic mass is 10.3. The van der Waals surface area contributed by atoms with Crippen molar-refractivity contribution in [2.75, 3.05) is 14.2 Å². The number of rotatable bonds is 6. The minimum atomic E-state index is -4.83. The number of ether oxygens (including phenoxy) is 2. The summed E-state index contributed by atoms with van der Waals surface area (Å²) in [7, 11) is -2.10. The summed E-state index contributed by atoms with van der Waals surface area (Å²) in [4.78, 5) is -0.442. The van der Waals surface area contributed by atoms with Crippen LogP contribution in [0.4, 0.5) is 8.78 Å². The van der Waals surface area contributed by atoms with Crippen molar-refractivity contribution in [3.63, 3.8) is 0 Å². The maximum atomic E-state index is 14.4. The van der Waals surface area contributed by atoms with Gasteiger partial charge in [-0.15, -0.1) is 0 Å². The second-order valence-corrected chi connectivity index (χ2v) is 7.80. The Bertz CT molecular complexity index is 777. The van der Waals surface area contributed by atoms with Crippen LogP contribution in [0.3, 0.4) is 0 Å². The molecule has 124 valence electrons. The van der Waals surface area contributed by atoms with E-state index in [2.05, 4.69) is 0 Å². The van der Waals surface area contributed by atoms with Crippen molar-refractivity contribution in [1.82, 2.24) is 0 Å². The molecule has 0 bridgehead atoms. The van der Waals surface area contributed by atoms with Crippen LogP contribution in [0.5, 0.6) is 11.5 Å². The van der Waals surface area contributed by atoms with Crippen LogP contribution in [0.25, 0.3) is 0 Å². The minimum Gasteiger partial charge on any atom is -0.497 e. The fourth-order valence-electron chi connectivity index (χ4n) is 1.78. The molecule has 0 aromatic heterocycles. The number of methoxy groups -OCH3 is 2. The average Bonchev–Trinajstić information content (AvgIpc) is 2.55. The molecule has 2 aromatic rings. The second kappa shape index (κ2) is 6.76. The number of sulfone groups is 1. The maximum absolute atomic E-state index is 14.4. The van der Waals surface area contributed by atoms with Gasteiger partial charge in [-0.05, 0) is 36.0 Å². The predicted octanol–water partition coefficient (Wildman–Crippen LogP) is 3.82. The van der Waals surface area contributed by atoms with Gasteiger partial charge in [-0.2, -0.15) is 8.78 Å². The molecule has 0 unspecified atom stereocenters. The van der Waals surface area contributed by atoms with Crippen LogP contribution < -0.4 is 9.47 Å². The molecule has 0 heterocycles. The Morgan fingerprint density at radius 2 is 1.65 bits per heavy atom. The van der Waals surface area contributed by atoms with E-state index in [1.54, 1.807) is 6.07 Å². The Morgan fingerprint density at radius 1 is 1.00 bits per heavy atom. The van der Waals surface area contributed by atoms with Crippen LogP contribution in [0, 0.1) is 0 Å². The molecular formula is C15H14F2O4S2. The third kappa shape index (κ3) is 3.59. The van der Waals surface area contributed by atoms with E-state index >= 15 is 0 Å². The van der Waals surface area contributed by atoms with Crippen molar-refractivity contribution in [2.45, 2.75) is 14.4 Å². The lowest BCUT2D eigenvalue weighted by Crippen LogP contribution is -2.25. The summed E-state index contributed by atoms with van der Waals surface area (Å²) in [6, 6.07) is 10.8. The van der Waals surface area contributed by atoms with E-state index in [1.807, 2.05) is 0 Å². The molecule has 0 aliphatic rings. The summed E-state index contributed by atoms with van der Waals surface area (Å²) < 4.78 is 59.0. The van der Waals surface area contributed by atoms with Crippen LogP contribution in [-0.2, 0) is 9.84 Å². The van der Waals surface area contributed by atoms with Crippen LogP contribution in [0.1, 0.15) is 0 Å². The van der Waals surface area contributed by atoms with Gasteiger partial charge in [0, 0.05) is 6.07 Å². The Hall–Kier alpha value is -1.80. The molecular weight excluding hydrogens is 346 g/mol. The fraction of sp³-hybridized carbons (Fsp3) is 0.200. The molecule has 0 saturated heterocycles. The number of benzene rings is 2. The maximum Gasteiger partial charge on any atom is 0.401 e. The topological polar surface area (TPSA) is 52.6 Å². The number of hydrogen-bond donors (Lipinski definition) is 0. The molecule has 23 heavy (non-hydrogen) atoms. The van der Waals surface area contributed by atoms with Crippen LogP contribution >= 0.6 is 11.8 Å². The molecule has 2 rings (SSSR count). The molecule has 0 amide bonds. The van der Waals surface area contributed by atoms with E-state index in [1.165, 1.54) is 44.6 Å². The van der Waals surface area contributed by atoms with Gasteiger partial charge in [0.2, 0.25) is 0 Å². The SMILES string of the molecule is COc1ccc(SC(F)(F)S(=O)(=O)c2ccccc2)c(OC)c1. The molecule has 0 fully saturated rings. The van der Waals surface area contributed by atoms with Gasteiger partial charge >= 0.3 is 4.59 Å². The largest absolute Gasteiger partial charge is 0.497 e. The first-order valence-corrected chi connectivity index (χ1v) is 8.70. The summed E-state index contributed by atoms with van der Waals surface area (Å²) in [5.74, 6) is 0.526. The molecule has 4 nitrogen and oxygen atoms in total. The molecule has 0 aliphatic heterocycles. The van der Waals surface area contributed by atoms with E-state index in [4.69, 9.17) is 9.47 Å². The Labute approximate surface area is 137 Å². The van der Waals surface area contributed by atoms with Crippen molar-refractivity contribution in [1.29, 1.82) is 0 Å². The van der Waals surface area contributed by atoms with Gasteiger partial charge in [0.25, 0.3) is 9.84 Å². The third-order valence-electron chi connectivity index (χ3n) is 2.97. The van der Waals surface area contributed by atoms with Crippen molar-refractivity contribution >= 4 is 21.6 Å². The standard InChI is InChI=1S/C15H14F2O4S2/c1-20-11-8-9-14(13(10-11)21-2)22-15(16,17)23(18,19)12-6-4-3-5-7-12/h3-10H,1-2H3. The third-order valence-corrected chi connectivity index (χ3v) is 6.19. The van der Waals surface area contributed by atoms with E-state index in [-0.39, 0.29) is 22.4 Å². The van der Waals surface area contributed by atoms with Crippen molar-refractivity contribution in [3.8, 4) is 11.5 Å². The summed E-state index contributed by atoms with van der Waals surface area (Å²) in [5.41, 5.74) is 0. The van der Waals surface area contributed by atoms with Gasteiger partial charge in [0.05, 0.1) is 24.0 Å². The molecule has 0 N–H and O–H groups in total. The highest BCUT2D eigenvalue weighted by molar-refractivity contribution is 8.14. The van der Waals surface area contributed by atoms with Gasteiger partial charge in [-0.25, -0.2) is 8.42 Å². The highest BCUT2D eigenvalue weighted by atomic mass is 32.3. The molecule has 8 heteroatoms. The van der Waals surface area contributed by atoms with Gasteiger partial charge in [-0.1, -0.05) is 18.2 Å². The predicted molar refractivity (Wildman–Crippen MR) is 84.0 cm³/mol. The quantitative estimate of drug-likeness (QED) is 0.733. The lowest BCUT2D eigenvalue weighted by molar-refractivity contribution is 0.195. The molecule has 0 aliphatic carbocycles. The zero-order valence-corrected chi connectivity index (χ0v) is 14.0. The van der Waals surface area contributed by atoms with Crippen LogP contribution in [0.2, 0.25) is 0 Å². The molecule has 0 radical (unpaired) electrons. The van der Waals surface area contributed by atoms with Gasteiger partial charge in [-0.3, -0.25) is 0 Å². The summed E-state index contributed by atoms with van der Waals surface area (Å²) >= 11 is -0.0838.